The van der Waals surface area contributed by atoms with Gasteiger partial charge in [0.25, 0.3) is 17.3 Å². The summed E-state index contributed by atoms with van der Waals surface area (Å²) in [7, 11) is 0. The molecule has 9 heteroatoms. The maximum absolute atomic E-state index is 12.4. The number of nitro groups is 2. The number of nitrogens with zero attached hydrogens (tertiary/aromatic N) is 2. The van der Waals surface area contributed by atoms with Crippen molar-refractivity contribution in [1.82, 2.24) is 0 Å². The van der Waals surface area contributed by atoms with Crippen LogP contribution in [-0.4, -0.2) is 15.8 Å². The Kier molecular flexibility index (Phi) is 4.79. The molecule has 2 aromatic carbocycles. The Morgan fingerprint density at radius 1 is 1.08 bits per heavy atom. The second-order valence-corrected chi connectivity index (χ2v) is 5.50. The third-order valence-corrected chi connectivity index (χ3v) is 3.70. The Morgan fingerprint density at radius 3 is 2.29 bits per heavy atom. The number of nitro benzene ring substituents is 2. The summed E-state index contributed by atoms with van der Waals surface area (Å²) in [4.78, 5) is 32.8. The molecule has 0 atom stereocenters. The number of aryl methyl sites for hydroxylation is 1. The molecule has 0 bridgehead atoms. The number of amides is 1. The summed E-state index contributed by atoms with van der Waals surface area (Å²) >= 11 is 6.03. The quantitative estimate of drug-likeness (QED) is 0.660. The molecular formula is C15H12ClN3O5. The van der Waals surface area contributed by atoms with Crippen LogP contribution in [0.1, 0.15) is 21.5 Å². The first kappa shape index (κ1) is 17.4. The van der Waals surface area contributed by atoms with E-state index in [-0.39, 0.29) is 11.1 Å². The highest BCUT2D eigenvalue weighted by molar-refractivity contribution is 6.34. The van der Waals surface area contributed by atoms with E-state index in [1.807, 2.05) is 6.92 Å². The van der Waals surface area contributed by atoms with Gasteiger partial charge in [0.05, 0.1) is 32.2 Å². The molecule has 0 spiro atoms. The highest BCUT2D eigenvalue weighted by Crippen LogP contribution is 2.29. The van der Waals surface area contributed by atoms with Crippen molar-refractivity contribution < 1.29 is 14.6 Å². The Balaban J connectivity index is 2.48. The number of carbonyl (C=O) groups is 1. The predicted octanol–water partition coefficient (Wildman–Crippen LogP) is 4.03. The molecule has 2 rings (SSSR count). The Labute approximate surface area is 141 Å². The lowest BCUT2D eigenvalue weighted by molar-refractivity contribution is -0.394. The topological polar surface area (TPSA) is 115 Å². The van der Waals surface area contributed by atoms with Crippen LogP contribution in [-0.2, 0) is 0 Å². The van der Waals surface area contributed by atoms with Crippen molar-refractivity contribution in [2.24, 2.45) is 0 Å². The zero-order valence-electron chi connectivity index (χ0n) is 12.7. The summed E-state index contributed by atoms with van der Waals surface area (Å²) in [5.74, 6) is -0.718. The van der Waals surface area contributed by atoms with Gasteiger partial charge in [-0.05, 0) is 31.5 Å². The standard InChI is InChI=1S/C15H12ClN3O5/c1-8-3-4-13(12(16)5-8)17-15(20)11-6-10(18(21)22)7-14(9(11)2)19(23)24/h3-7H,1-2H3,(H,17,20). The fourth-order valence-corrected chi connectivity index (χ4v) is 2.41. The molecule has 0 aliphatic rings. The van der Waals surface area contributed by atoms with E-state index >= 15 is 0 Å². The fraction of sp³-hybridized carbons (Fsp3) is 0.133. The first-order valence-corrected chi connectivity index (χ1v) is 7.09. The van der Waals surface area contributed by atoms with Crippen LogP contribution < -0.4 is 5.32 Å². The molecule has 24 heavy (non-hydrogen) atoms. The molecule has 0 unspecified atom stereocenters. The first-order valence-electron chi connectivity index (χ1n) is 6.71. The van der Waals surface area contributed by atoms with Gasteiger partial charge >= 0.3 is 0 Å². The highest BCUT2D eigenvalue weighted by atomic mass is 35.5. The molecule has 1 amide bonds. The van der Waals surface area contributed by atoms with Gasteiger partial charge in [0.15, 0.2) is 0 Å². The van der Waals surface area contributed by atoms with E-state index in [1.165, 1.54) is 6.92 Å². The van der Waals surface area contributed by atoms with E-state index in [2.05, 4.69) is 5.32 Å². The summed E-state index contributed by atoms with van der Waals surface area (Å²) in [6, 6.07) is 6.77. The van der Waals surface area contributed by atoms with Gasteiger partial charge in [0, 0.05) is 11.6 Å². The van der Waals surface area contributed by atoms with Crippen LogP contribution in [0.5, 0.6) is 0 Å². The highest BCUT2D eigenvalue weighted by Gasteiger charge is 2.25. The minimum atomic E-state index is -0.790. The van der Waals surface area contributed by atoms with E-state index < -0.39 is 27.1 Å². The van der Waals surface area contributed by atoms with E-state index in [0.717, 1.165) is 17.7 Å². The molecule has 0 aliphatic heterocycles. The number of hydrogen-bond acceptors (Lipinski definition) is 5. The SMILES string of the molecule is Cc1ccc(NC(=O)c2cc([N+](=O)[O-])cc([N+](=O)[O-])c2C)c(Cl)c1. The van der Waals surface area contributed by atoms with Gasteiger partial charge in [-0.3, -0.25) is 25.0 Å². The lowest BCUT2D eigenvalue weighted by Gasteiger charge is -2.10. The minimum Gasteiger partial charge on any atom is -0.321 e. The lowest BCUT2D eigenvalue weighted by Crippen LogP contribution is -2.15. The summed E-state index contributed by atoms with van der Waals surface area (Å²) in [6.45, 7) is 3.18. The Morgan fingerprint density at radius 2 is 1.75 bits per heavy atom. The molecule has 0 saturated heterocycles. The molecule has 0 aliphatic carbocycles. The van der Waals surface area contributed by atoms with Crippen LogP contribution >= 0.6 is 11.6 Å². The molecule has 0 heterocycles. The van der Waals surface area contributed by atoms with E-state index in [1.54, 1.807) is 18.2 Å². The number of anilines is 1. The Bertz CT molecular complexity index is 866. The van der Waals surface area contributed by atoms with Gasteiger partial charge in [0.1, 0.15) is 0 Å². The number of carbonyl (C=O) groups excluding carboxylic acids is 1. The number of halogens is 1. The second kappa shape index (κ2) is 6.63. The number of nitrogens with one attached hydrogen (secondary N) is 1. The van der Waals surface area contributed by atoms with Crippen molar-refractivity contribution in [3.05, 3.63) is 72.3 Å². The average molecular weight is 350 g/mol. The predicted molar refractivity (Wildman–Crippen MR) is 88.6 cm³/mol. The molecule has 0 fully saturated rings. The van der Waals surface area contributed by atoms with Crippen LogP contribution in [0.3, 0.4) is 0 Å². The lowest BCUT2D eigenvalue weighted by atomic mass is 10.0. The second-order valence-electron chi connectivity index (χ2n) is 5.09. The smallest absolute Gasteiger partial charge is 0.279 e. The van der Waals surface area contributed by atoms with Gasteiger partial charge in [-0.15, -0.1) is 0 Å². The van der Waals surface area contributed by atoms with Crippen LogP contribution in [0.4, 0.5) is 17.1 Å². The zero-order chi connectivity index (χ0) is 18.0. The maximum Gasteiger partial charge on any atom is 0.279 e. The van der Waals surface area contributed by atoms with Crippen LogP contribution in [0.15, 0.2) is 30.3 Å². The van der Waals surface area contributed by atoms with Gasteiger partial charge in [0.2, 0.25) is 0 Å². The van der Waals surface area contributed by atoms with Crippen molar-refractivity contribution in [2.45, 2.75) is 13.8 Å². The molecule has 2 aromatic rings. The summed E-state index contributed by atoms with van der Waals surface area (Å²) in [5.41, 5.74) is 0.0386. The molecule has 8 nitrogen and oxygen atoms in total. The van der Waals surface area contributed by atoms with Crippen molar-refractivity contribution in [1.29, 1.82) is 0 Å². The van der Waals surface area contributed by atoms with E-state index in [0.29, 0.717) is 10.7 Å². The molecule has 0 saturated carbocycles. The van der Waals surface area contributed by atoms with Crippen molar-refractivity contribution >= 4 is 34.6 Å². The normalized spacial score (nSPS) is 10.3. The largest absolute Gasteiger partial charge is 0.321 e. The molecular weight excluding hydrogens is 338 g/mol. The number of hydrogen-bond donors (Lipinski definition) is 1. The van der Waals surface area contributed by atoms with Crippen LogP contribution in [0.25, 0.3) is 0 Å². The summed E-state index contributed by atoms with van der Waals surface area (Å²) in [6.07, 6.45) is 0. The van der Waals surface area contributed by atoms with E-state index in [4.69, 9.17) is 11.6 Å². The monoisotopic (exact) mass is 349 g/mol. The maximum atomic E-state index is 12.4. The van der Waals surface area contributed by atoms with Crippen LogP contribution in [0, 0.1) is 34.1 Å². The molecule has 1 N–H and O–H groups in total. The molecule has 0 radical (unpaired) electrons. The number of non-ortho nitro benzene ring substituents is 1. The Hall–Kier alpha value is -3.00. The first-order chi connectivity index (χ1) is 11.2. The third-order valence-electron chi connectivity index (χ3n) is 3.39. The van der Waals surface area contributed by atoms with Crippen molar-refractivity contribution in [2.75, 3.05) is 5.32 Å². The average Bonchev–Trinajstić information content (AvgIpc) is 2.49. The minimum absolute atomic E-state index is 0.0336. The van der Waals surface area contributed by atoms with Gasteiger partial charge in [-0.1, -0.05) is 17.7 Å². The summed E-state index contributed by atoms with van der Waals surface area (Å²) < 4.78 is 0. The number of benzene rings is 2. The van der Waals surface area contributed by atoms with Crippen molar-refractivity contribution in [3.8, 4) is 0 Å². The molecule has 124 valence electrons. The number of rotatable bonds is 4. The van der Waals surface area contributed by atoms with Crippen molar-refractivity contribution in [3.63, 3.8) is 0 Å². The zero-order valence-corrected chi connectivity index (χ0v) is 13.5. The third kappa shape index (κ3) is 3.49. The van der Waals surface area contributed by atoms with E-state index in [9.17, 15) is 25.0 Å². The van der Waals surface area contributed by atoms with Gasteiger partial charge in [-0.2, -0.15) is 0 Å². The van der Waals surface area contributed by atoms with Gasteiger partial charge in [-0.25, -0.2) is 0 Å². The summed E-state index contributed by atoms with van der Waals surface area (Å²) in [5, 5.41) is 24.8. The van der Waals surface area contributed by atoms with Gasteiger partial charge < -0.3 is 5.32 Å². The van der Waals surface area contributed by atoms with Crippen LogP contribution in [0.2, 0.25) is 5.02 Å². The molecule has 0 aromatic heterocycles. The fourth-order valence-electron chi connectivity index (χ4n) is 2.13.